The third-order valence-corrected chi connectivity index (χ3v) is 6.52. The number of hydrazine groups is 1. The first-order valence-electron chi connectivity index (χ1n) is 10.9. The molecular formula is C25H22BrN3O6. The zero-order valence-electron chi connectivity index (χ0n) is 18.7. The van der Waals surface area contributed by atoms with Gasteiger partial charge in [-0.15, -0.1) is 0 Å². The number of carbonyl (C=O) groups is 5. The molecule has 0 aromatic heterocycles. The molecule has 2 aliphatic rings. The van der Waals surface area contributed by atoms with E-state index in [1.807, 2.05) is 19.1 Å². The first-order chi connectivity index (χ1) is 16.8. The van der Waals surface area contributed by atoms with Gasteiger partial charge in [-0.2, -0.15) is 0 Å². The summed E-state index contributed by atoms with van der Waals surface area (Å²) in [5.74, 6) is -3.26. The summed E-state index contributed by atoms with van der Waals surface area (Å²) in [6, 6.07) is 12.4. The van der Waals surface area contributed by atoms with E-state index in [1.165, 1.54) is 29.2 Å². The minimum Gasteiger partial charge on any atom is -0.452 e. The number of rotatable bonds is 5. The highest BCUT2D eigenvalue weighted by Gasteiger charge is 2.50. The standard InChI is InChI=1S/C25H22BrN3O6/c1-14-3-2-4-19-21(14)24(33)29(23(19)32)18-11-7-16(8-12-18)25(34)35-13-20(30)27-28-22(31)15-5-9-17(26)10-6-15/h2-3,5-12,14,19,21H,4,13H2,1H3,(H,27,30)(H,28,31)/t14-,19+,21-/m1/s1. The minimum absolute atomic E-state index is 0.0183. The number of benzene rings is 2. The number of hydrogen-bond donors (Lipinski definition) is 2. The van der Waals surface area contributed by atoms with Gasteiger partial charge in [0.2, 0.25) is 11.8 Å². The largest absolute Gasteiger partial charge is 0.452 e. The maximum absolute atomic E-state index is 12.9. The number of amides is 4. The van der Waals surface area contributed by atoms with E-state index in [4.69, 9.17) is 4.74 Å². The van der Waals surface area contributed by atoms with Gasteiger partial charge in [0, 0.05) is 10.0 Å². The highest BCUT2D eigenvalue weighted by molar-refractivity contribution is 9.10. The van der Waals surface area contributed by atoms with E-state index in [1.54, 1.807) is 24.3 Å². The molecule has 10 heteroatoms. The van der Waals surface area contributed by atoms with Gasteiger partial charge in [-0.1, -0.05) is 35.0 Å². The van der Waals surface area contributed by atoms with Crippen molar-refractivity contribution in [1.82, 2.24) is 10.9 Å². The van der Waals surface area contributed by atoms with Crippen LogP contribution in [0.15, 0.2) is 65.2 Å². The van der Waals surface area contributed by atoms with E-state index in [2.05, 4.69) is 26.8 Å². The fraction of sp³-hybridized carbons (Fsp3) is 0.240. The van der Waals surface area contributed by atoms with Crippen molar-refractivity contribution in [3.8, 4) is 0 Å². The van der Waals surface area contributed by atoms with Crippen molar-refractivity contribution in [2.24, 2.45) is 17.8 Å². The Balaban J connectivity index is 1.29. The lowest BCUT2D eigenvalue weighted by molar-refractivity contribution is -0.125. The van der Waals surface area contributed by atoms with E-state index in [9.17, 15) is 24.0 Å². The van der Waals surface area contributed by atoms with Crippen molar-refractivity contribution in [3.63, 3.8) is 0 Å². The molecule has 0 saturated carbocycles. The van der Waals surface area contributed by atoms with Gasteiger partial charge in [0.15, 0.2) is 6.61 Å². The minimum atomic E-state index is -0.767. The smallest absolute Gasteiger partial charge is 0.338 e. The second kappa shape index (κ2) is 10.2. The molecule has 1 fully saturated rings. The number of imide groups is 1. The van der Waals surface area contributed by atoms with E-state index in [0.717, 1.165) is 4.47 Å². The molecule has 2 N–H and O–H groups in total. The third-order valence-electron chi connectivity index (χ3n) is 5.99. The predicted molar refractivity (Wildman–Crippen MR) is 129 cm³/mol. The Morgan fingerprint density at radius 2 is 1.63 bits per heavy atom. The van der Waals surface area contributed by atoms with E-state index >= 15 is 0 Å². The van der Waals surface area contributed by atoms with Crippen LogP contribution >= 0.6 is 15.9 Å². The second-order valence-electron chi connectivity index (χ2n) is 8.30. The molecule has 0 bridgehead atoms. The summed E-state index contributed by atoms with van der Waals surface area (Å²) in [7, 11) is 0. The van der Waals surface area contributed by atoms with Crippen LogP contribution in [0.2, 0.25) is 0 Å². The molecule has 2 aromatic carbocycles. The van der Waals surface area contributed by atoms with E-state index in [0.29, 0.717) is 17.7 Å². The SMILES string of the molecule is C[C@@H]1C=CC[C@@H]2C(=O)N(c3ccc(C(=O)OCC(=O)NNC(=O)c4ccc(Br)cc4)cc3)C(=O)[C@H]12. The first-order valence-corrected chi connectivity index (χ1v) is 11.7. The van der Waals surface area contributed by atoms with Gasteiger partial charge in [-0.05, 0) is 60.9 Å². The number of carbonyl (C=O) groups excluding carboxylic acids is 5. The normalized spacial score (nSPS) is 20.9. The Morgan fingerprint density at radius 3 is 2.29 bits per heavy atom. The maximum Gasteiger partial charge on any atom is 0.338 e. The molecular weight excluding hydrogens is 518 g/mol. The molecule has 35 heavy (non-hydrogen) atoms. The topological polar surface area (TPSA) is 122 Å². The number of esters is 1. The number of anilines is 1. The quantitative estimate of drug-likeness (QED) is 0.261. The summed E-state index contributed by atoms with van der Waals surface area (Å²) >= 11 is 3.27. The fourth-order valence-corrected chi connectivity index (χ4v) is 4.46. The predicted octanol–water partition coefficient (Wildman–Crippen LogP) is 2.77. The number of hydrogen-bond acceptors (Lipinski definition) is 6. The summed E-state index contributed by atoms with van der Waals surface area (Å²) in [4.78, 5) is 63.1. The van der Waals surface area contributed by atoms with E-state index < -0.39 is 24.4 Å². The molecule has 0 spiro atoms. The van der Waals surface area contributed by atoms with Gasteiger partial charge >= 0.3 is 5.97 Å². The molecule has 4 rings (SSSR count). The van der Waals surface area contributed by atoms with Crippen molar-refractivity contribution in [1.29, 1.82) is 0 Å². The number of allylic oxidation sites excluding steroid dienone is 2. The van der Waals surface area contributed by atoms with E-state index in [-0.39, 0.29) is 35.1 Å². The second-order valence-corrected chi connectivity index (χ2v) is 9.22. The molecule has 1 aliphatic heterocycles. The number of nitrogens with zero attached hydrogens (tertiary/aromatic N) is 1. The Bertz CT molecular complexity index is 1210. The van der Waals surface area contributed by atoms with Crippen LogP contribution in [0.1, 0.15) is 34.1 Å². The van der Waals surface area contributed by atoms with Gasteiger partial charge in [0.1, 0.15) is 0 Å². The van der Waals surface area contributed by atoms with Crippen LogP contribution in [-0.2, 0) is 19.1 Å². The number of nitrogens with one attached hydrogen (secondary N) is 2. The lowest BCUT2D eigenvalue weighted by atomic mass is 9.78. The van der Waals surface area contributed by atoms with Crippen molar-refractivity contribution in [2.75, 3.05) is 11.5 Å². The van der Waals surface area contributed by atoms with Gasteiger partial charge < -0.3 is 4.74 Å². The summed E-state index contributed by atoms with van der Waals surface area (Å²) < 4.78 is 5.79. The van der Waals surface area contributed by atoms with Crippen LogP contribution in [0.3, 0.4) is 0 Å². The highest BCUT2D eigenvalue weighted by atomic mass is 79.9. The zero-order chi connectivity index (χ0) is 25.1. The van der Waals surface area contributed by atoms with Crippen LogP contribution < -0.4 is 15.8 Å². The molecule has 180 valence electrons. The Morgan fingerprint density at radius 1 is 0.971 bits per heavy atom. The van der Waals surface area contributed by atoms with Crippen LogP contribution in [-0.4, -0.2) is 36.2 Å². The molecule has 2 aromatic rings. The molecule has 3 atom stereocenters. The van der Waals surface area contributed by atoms with Crippen molar-refractivity contribution >= 4 is 51.2 Å². The van der Waals surface area contributed by atoms with Crippen molar-refractivity contribution in [2.45, 2.75) is 13.3 Å². The third kappa shape index (κ3) is 5.17. The van der Waals surface area contributed by atoms with Crippen LogP contribution in [0.25, 0.3) is 0 Å². The molecule has 4 amide bonds. The molecule has 9 nitrogen and oxygen atoms in total. The lowest BCUT2D eigenvalue weighted by Crippen LogP contribution is -2.43. The van der Waals surface area contributed by atoms with Crippen molar-refractivity contribution in [3.05, 3.63) is 76.3 Å². The first kappa shape index (κ1) is 24.3. The molecule has 1 saturated heterocycles. The van der Waals surface area contributed by atoms with Crippen LogP contribution in [0.4, 0.5) is 5.69 Å². The van der Waals surface area contributed by atoms with Gasteiger partial charge in [-0.25, -0.2) is 4.79 Å². The molecule has 0 unspecified atom stereocenters. The number of ether oxygens (including phenoxy) is 1. The number of fused-ring (bicyclic) bond motifs is 1. The molecule has 0 radical (unpaired) electrons. The van der Waals surface area contributed by atoms with Crippen LogP contribution in [0.5, 0.6) is 0 Å². The zero-order valence-corrected chi connectivity index (χ0v) is 20.3. The average molecular weight is 540 g/mol. The Kier molecular flexibility index (Phi) is 7.11. The van der Waals surface area contributed by atoms with Gasteiger partial charge in [-0.3, -0.25) is 34.9 Å². The summed E-state index contributed by atoms with van der Waals surface area (Å²) in [5, 5.41) is 0. The maximum atomic E-state index is 12.9. The summed E-state index contributed by atoms with van der Waals surface area (Å²) in [6.45, 7) is 1.31. The average Bonchev–Trinajstić information content (AvgIpc) is 3.12. The Hall–Kier alpha value is -3.79. The Labute approximate surface area is 209 Å². The van der Waals surface area contributed by atoms with Crippen LogP contribution in [0, 0.1) is 17.8 Å². The van der Waals surface area contributed by atoms with Crippen molar-refractivity contribution < 1.29 is 28.7 Å². The molecule has 1 aliphatic carbocycles. The fourth-order valence-electron chi connectivity index (χ4n) is 4.20. The van der Waals surface area contributed by atoms with Gasteiger partial charge in [0.25, 0.3) is 11.8 Å². The summed E-state index contributed by atoms with van der Waals surface area (Å²) in [5.41, 5.74) is 5.27. The number of halogens is 1. The molecule has 1 heterocycles. The monoisotopic (exact) mass is 539 g/mol. The van der Waals surface area contributed by atoms with Gasteiger partial charge in [0.05, 0.1) is 23.1 Å². The lowest BCUT2D eigenvalue weighted by Gasteiger charge is -2.22. The summed E-state index contributed by atoms with van der Waals surface area (Å²) in [6.07, 6.45) is 4.42. The highest BCUT2D eigenvalue weighted by Crippen LogP contribution is 2.40.